The average molecular weight is 339 g/mol. The van der Waals surface area contributed by atoms with Crippen LogP contribution in [0.4, 0.5) is 14.9 Å². The predicted octanol–water partition coefficient (Wildman–Crippen LogP) is 2.18. The molecule has 0 heterocycles. The number of aliphatic carboxylic acids is 2. The predicted molar refractivity (Wildman–Crippen MR) is 72.3 cm³/mol. The lowest BCUT2D eigenvalue weighted by Gasteiger charge is -2.13. The molecule has 1 rings (SSSR count). The number of amides is 2. The van der Waals surface area contributed by atoms with Crippen molar-refractivity contribution in [1.82, 2.24) is 5.32 Å². The van der Waals surface area contributed by atoms with Crippen LogP contribution in [0.15, 0.2) is 12.1 Å². The summed E-state index contributed by atoms with van der Waals surface area (Å²) in [5, 5.41) is 20.7. The van der Waals surface area contributed by atoms with E-state index in [1.54, 1.807) is 0 Å². The van der Waals surface area contributed by atoms with E-state index >= 15 is 0 Å². The largest absolute Gasteiger partial charge is 0.481 e. The van der Waals surface area contributed by atoms with Gasteiger partial charge in [0.05, 0.1) is 16.5 Å². The van der Waals surface area contributed by atoms with Crippen LogP contribution in [0.3, 0.4) is 0 Å². The Balaban J connectivity index is 2.76. The van der Waals surface area contributed by atoms with Crippen molar-refractivity contribution in [2.24, 2.45) is 0 Å². The fraction of sp³-hybridized carbons (Fsp3) is 0.182. The van der Waals surface area contributed by atoms with E-state index in [4.69, 9.17) is 33.4 Å². The lowest BCUT2D eigenvalue weighted by molar-refractivity contribution is -0.145. The molecule has 1 atom stereocenters. The zero-order valence-corrected chi connectivity index (χ0v) is 11.7. The minimum atomic E-state index is -1.62. The monoisotopic (exact) mass is 338 g/mol. The summed E-state index contributed by atoms with van der Waals surface area (Å²) in [6.07, 6.45) is -0.798. The van der Waals surface area contributed by atoms with Crippen LogP contribution in [-0.4, -0.2) is 34.2 Å². The molecule has 0 fully saturated rings. The van der Waals surface area contributed by atoms with Gasteiger partial charge >= 0.3 is 18.0 Å². The number of hydrogen-bond acceptors (Lipinski definition) is 3. The highest BCUT2D eigenvalue weighted by Crippen LogP contribution is 2.27. The average Bonchev–Trinajstić information content (AvgIpc) is 2.34. The van der Waals surface area contributed by atoms with Gasteiger partial charge in [0.1, 0.15) is 6.04 Å². The molecule has 1 aromatic rings. The zero-order chi connectivity index (χ0) is 16.2. The molecule has 0 radical (unpaired) electrons. The van der Waals surface area contributed by atoms with Crippen molar-refractivity contribution >= 4 is 46.9 Å². The minimum Gasteiger partial charge on any atom is -0.481 e. The maximum Gasteiger partial charge on any atom is 0.326 e. The molecule has 0 aliphatic rings. The molecule has 114 valence electrons. The number of carbonyl (C=O) groups is 3. The lowest BCUT2D eigenvalue weighted by atomic mass is 10.2. The molecule has 21 heavy (non-hydrogen) atoms. The van der Waals surface area contributed by atoms with Crippen molar-refractivity contribution in [3.05, 3.63) is 28.0 Å². The third-order valence-corrected chi connectivity index (χ3v) is 2.77. The standard InChI is InChI=1S/C11H9Cl2FN2O5/c12-5-1-4(2-6(13)9(5)14)15-11(21)16-7(10(19)20)3-8(17)18/h1-2,7H,3H2,(H,17,18)(H,19,20)(H2,15,16,21)/t7-/m1/s1. The molecule has 1 aromatic carbocycles. The molecular formula is C11H9Cl2FN2O5. The first-order valence-corrected chi connectivity index (χ1v) is 6.13. The third-order valence-electron chi connectivity index (χ3n) is 2.22. The van der Waals surface area contributed by atoms with Crippen LogP contribution >= 0.6 is 23.2 Å². The SMILES string of the molecule is O=C(O)C[C@@H](NC(=O)Nc1cc(Cl)c(F)c(Cl)c1)C(=O)O. The highest BCUT2D eigenvalue weighted by atomic mass is 35.5. The van der Waals surface area contributed by atoms with Gasteiger partial charge in [-0.3, -0.25) is 4.79 Å². The molecule has 2 amide bonds. The van der Waals surface area contributed by atoms with Crippen LogP contribution in [-0.2, 0) is 9.59 Å². The highest BCUT2D eigenvalue weighted by molar-refractivity contribution is 6.35. The van der Waals surface area contributed by atoms with E-state index in [1.807, 2.05) is 5.32 Å². The Bertz CT molecular complexity index is 573. The molecule has 0 aliphatic carbocycles. The molecule has 0 spiro atoms. The second-order valence-corrected chi connectivity index (χ2v) is 4.66. The Morgan fingerprint density at radius 1 is 1.19 bits per heavy atom. The van der Waals surface area contributed by atoms with Gasteiger partial charge < -0.3 is 20.8 Å². The van der Waals surface area contributed by atoms with E-state index in [0.29, 0.717) is 0 Å². The quantitative estimate of drug-likeness (QED) is 0.614. The molecule has 4 N–H and O–H groups in total. The van der Waals surface area contributed by atoms with E-state index < -0.39 is 36.2 Å². The number of hydrogen-bond donors (Lipinski definition) is 4. The normalized spacial score (nSPS) is 11.6. The summed E-state index contributed by atoms with van der Waals surface area (Å²) in [5.41, 5.74) is 0.0170. The molecule has 0 saturated heterocycles. The second-order valence-electron chi connectivity index (χ2n) is 3.84. The van der Waals surface area contributed by atoms with E-state index in [1.165, 1.54) is 0 Å². The number of benzene rings is 1. The first kappa shape index (κ1) is 17.0. The van der Waals surface area contributed by atoms with Gasteiger partial charge in [0.15, 0.2) is 5.82 Å². The molecule has 7 nitrogen and oxygen atoms in total. The van der Waals surface area contributed by atoms with Crippen molar-refractivity contribution in [2.45, 2.75) is 12.5 Å². The van der Waals surface area contributed by atoms with Crippen molar-refractivity contribution in [2.75, 3.05) is 5.32 Å². The van der Waals surface area contributed by atoms with Gasteiger partial charge in [-0.2, -0.15) is 0 Å². The summed E-state index contributed by atoms with van der Waals surface area (Å²) in [4.78, 5) is 32.8. The summed E-state index contributed by atoms with van der Waals surface area (Å²) in [6, 6.07) is -0.485. The number of urea groups is 1. The molecule has 0 bridgehead atoms. The third kappa shape index (κ3) is 5.09. The summed E-state index contributed by atoms with van der Waals surface area (Å²) >= 11 is 11.0. The Labute approximate surface area is 127 Å². The van der Waals surface area contributed by atoms with Gasteiger partial charge in [-0.25, -0.2) is 14.0 Å². The van der Waals surface area contributed by atoms with E-state index in [0.717, 1.165) is 12.1 Å². The van der Waals surface area contributed by atoms with Crippen LogP contribution in [0.1, 0.15) is 6.42 Å². The number of anilines is 1. The topological polar surface area (TPSA) is 116 Å². The second kappa shape index (κ2) is 7.09. The maximum atomic E-state index is 13.2. The molecule has 0 aromatic heterocycles. The van der Waals surface area contributed by atoms with Crippen LogP contribution in [0.5, 0.6) is 0 Å². The maximum absolute atomic E-state index is 13.2. The van der Waals surface area contributed by atoms with Gasteiger partial charge in [0, 0.05) is 5.69 Å². The fourth-order valence-electron chi connectivity index (χ4n) is 1.33. The van der Waals surface area contributed by atoms with Crippen molar-refractivity contribution < 1.29 is 29.0 Å². The Morgan fingerprint density at radius 2 is 1.71 bits per heavy atom. The molecule has 0 aliphatic heterocycles. The Hall–Kier alpha value is -2.06. The van der Waals surface area contributed by atoms with Gasteiger partial charge in [0.25, 0.3) is 0 Å². The van der Waals surface area contributed by atoms with Crippen LogP contribution in [0.2, 0.25) is 10.0 Å². The van der Waals surface area contributed by atoms with Gasteiger partial charge in [-0.05, 0) is 12.1 Å². The molecule has 10 heteroatoms. The van der Waals surface area contributed by atoms with Crippen molar-refractivity contribution in [1.29, 1.82) is 0 Å². The smallest absolute Gasteiger partial charge is 0.326 e. The first-order valence-electron chi connectivity index (χ1n) is 5.37. The molecule has 0 unspecified atom stereocenters. The van der Waals surface area contributed by atoms with E-state index in [2.05, 4.69) is 5.32 Å². The number of rotatable bonds is 5. The highest BCUT2D eigenvalue weighted by Gasteiger charge is 2.23. The van der Waals surface area contributed by atoms with Crippen LogP contribution < -0.4 is 10.6 Å². The summed E-state index contributed by atoms with van der Waals surface area (Å²) in [7, 11) is 0. The Morgan fingerprint density at radius 3 is 2.14 bits per heavy atom. The number of halogens is 3. The number of carbonyl (C=O) groups excluding carboxylic acids is 1. The molecule has 0 saturated carbocycles. The zero-order valence-electron chi connectivity index (χ0n) is 10.2. The van der Waals surface area contributed by atoms with Gasteiger partial charge in [0.2, 0.25) is 0 Å². The summed E-state index contributed by atoms with van der Waals surface area (Å²) < 4.78 is 13.2. The number of nitrogens with one attached hydrogen (secondary N) is 2. The summed E-state index contributed by atoms with van der Waals surface area (Å²) in [6.45, 7) is 0. The fourth-order valence-corrected chi connectivity index (χ4v) is 1.81. The lowest BCUT2D eigenvalue weighted by Crippen LogP contribution is -2.44. The van der Waals surface area contributed by atoms with Crippen molar-refractivity contribution in [3.8, 4) is 0 Å². The number of carboxylic acid groups (broad SMARTS) is 2. The van der Waals surface area contributed by atoms with Gasteiger partial charge in [-0.1, -0.05) is 23.2 Å². The number of carboxylic acids is 2. The van der Waals surface area contributed by atoms with Crippen LogP contribution in [0, 0.1) is 5.82 Å². The Kier molecular flexibility index (Phi) is 5.74. The van der Waals surface area contributed by atoms with Crippen LogP contribution in [0.25, 0.3) is 0 Å². The molecular weight excluding hydrogens is 330 g/mol. The van der Waals surface area contributed by atoms with Gasteiger partial charge in [-0.15, -0.1) is 0 Å². The van der Waals surface area contributed by atoms with E-state index in [-0.39, 0.29) is 15.7 Å². The minimum absolute atomic E-state index is 0.0170. The van der Waals surface area contributed by atoms with E-state index in [9.17, 15) is 18.8 Å². The summed E-state index contributed by atoms with van der Waals surface area (Å²) in [5.74, 6) is -3.77. The van der Waals surface area contributed by atoms with Crippen molar-refractivity contribution in [3.63, 3.8) is 0 Å². The first-order chi connectivity index (χ1) is 9.70.